The molecule has 0 aromatic heterocycles. The number of hydrogen-bond donors (Lipinski definition) is 1. The summed E-state index contributed by atoms with van der Waals surface area (Å²) in [5.74, 6) is 0.112. The van der Waals surface area contributed by atoms with Crippen molar-refractivity contribution in [1.29, 1.82) is 5.26 Å². The van der Waals surface area contributed by atoms with Crippen LogP contribution in [0.5, 0.6) is 0 Å². The molecule has 1 fully saturated rings. The number of nitrogens with zero attached hydrogens (tertiary/aromatic N) is 2. The van der Waals surface area contributed by atoms with Gasteiger partial charge in [0, 0.05) is 12.2 Å². The van der Waals surface area contributed by atoms with Gasteiger partial charge in [0.2, 0.25) is 5.91 Å². The molecule has 1 aromatic rings. The van der Waals surface area contributed by atoms with Gasteiger partial charge < -0.3 is 10.6 Å². The van der Waals surface area contributed by atoms with Gasteiger partial charge in [-0.05, 0) is 43.0 Å². The molecule has 0 radical (unpaired) electrons. The molecule has 1 amide bonds. The van der Waals surface area contributed by atoms with Gasteiger partial charge in [0.1, 0.15) is 0 Å². The monoisotopic (exact) mass is 255 g/mol. The first kappa shape index (κ1) is 12.2. The van der Waals surface area contributed by atoms with Crippen molar-refractivity contribution in [2.24, 2.45) is 11.1 Å². The number of nitriles is 1. The Bertz CT molecular complexity index is 569. The van der Waals surface area contributed by atoms with Crippen LogP contribution in [0.4, 0.5) is 5.69 Å². The molecule has 2 N–H and O–H groups in total. The van der Waals surface area contributed by atoms with Gasteiger partial charge >= 0.3 is 0 Å². The number of nitrogens with two attached hydrogens (primary N) is 1. The summed E-state index contributed by atoms with van der Waals surface area (Å²) in [6.07, 6.45) is 3.11. The summed E-state index contributed by atoms with van der Waals surface area (Å²) >= 11 is 0. The fraction of sp³-hybridized carbons (Fsp3) is 0.467. The van der Waals surface area contributed by atoms with Crippen molar-refractivity contribution in [3.63, 3.8) is 0 Å². The molecule has 1 heterocycles. The van der Waals surface area contributed by atoms with E-state index in [-0.39, 0.29) is 11.3 Å². The fourth-order valence-electron chi connectivity index (χ4n) is 2.69. The van der Waals surface area contributed by atoms with Crippen molar-refractivity contribution >= 4 is 11.6 Å². The summed E-state index contributed by atoms with van der Waals surface area (Å²) < 4.78 is 0. The van der Waals surface area contributed by atoms with E-state index >= 15 is 0 Å². The van der Waals surface area contributed by atoms with Crippen molar-refractivity contribution in [2.45, 2.75) is 25.7 Å². The minimum absolute atomic E-state index is 0.112. The van der Waals surface area contributed by atoms with Crippen LogP contribution in [0, 0.1) is 16.7 Å². The highest BCUT2D eigenvalue weighted by atomic mass is 16.2. The second-order valence-corrected chi connectivity index (χ2v) is 5.55. The van der Waals surface area contributed by atoms with Crippen LogP contribution in [-0.2, 0) is 17.6 Å². The third-order valence-electron chi connectivity index (χ3n) is 4.06. The SMILES string of the molecule is N#CC1(CN2C(=O)Cc3cc(CCN)ccc32)CC1. The predicted molar refractivity (Wildman–Crippen MR) is 72.5 cm³/mol. The summed E-state index contributed by atoms with van der Waals surface area (Å²) in [6, 6.07) is 8.46. The molecular weight excluding hydrogens is 238 g/mol. The molecule has 0 spiro atoms. The number of benzene rings is 1. The summed E-state index contributed by atoms with van der Waals surface area (Å²) in [7, 11) is 0. The standard InChI is InChI=1S/C15H17N3O/c16-6-3-11-1-2-13-12(7-11)8-14(19)18(13)10-15(9-17)4-5-15/h1-2,7H,3-6,8,10,16H2. The Balaban J connectivity index is 1.86. The predicted octanol–water partition coefficient (Wildman–Crippen LogP) is 1.38. The van der Waals surface area contributed by atoms with Crippen LogP contribution in [-0.4, -0.2) is 19.0 Å². The zero-order valence-corrected chi connectivity index (χ0v) is 10.9. The Morgan fingerprint density at radius 1 is 1.42 bits per heavy atom. The molecule has 1 saturated carbocycles. The number of amides is 1. The number of carbonyl (C=O) groups is 1. The maximum Gasteiger partial charge on any atom is 0.231 e. The van der Waals surface area contributed by atoms with Crippen LogP contribution in [0.3, 0.4) is 0 Å². The van der Waals surface area contributed by atoms with Gasteiger partial charge in [-0.25, -0.2) is 0 Å². The number of carbonyl (C=O) groups excluding carboxylic acids is 1. The van der Waals surface area contributed by atoms with Crippen LogP contribution < -0.4 is 10.6 Å². The third kappa shape index (κ3) is 2.11. The molecule has 1 aliphatic carbocycles. The van der Waals surface area contributed by atoms with Crippen LogP contribution in [0.2, 0.25) is 0 Å². The zero-order valence-electron chi connectivity index (χ0n) is 10.9. The van der Waals surface area contributed by atoms with Crippen LogP contribution in [0.25, 0.3) is 0 Å². The van der Waals surface area contributed by atoms with Gasteiger partial charge in [0.05, 0.1) is 17.9 Å². The first-order valence-corrected chi connectivity index (χ1v) is 6.71. The maximum absolute atomic E-state index is 12.1. The second-order valence-electron chi connectivity index (χ2n) is 5.55. The van der Waals surface area contributed by atoms with Gasteiger partial charge in [0.25, 0.3) is 0 Å². The lowest BCUT2D eigenvalue weighted by molar-refractivity contribution is -0.117. The van der Waals surface area contributed by atoms with Gasteiger partial charge in [-0.1, -0.05) is 12.1 Å². The summed E-state index contributed by atoms with van der Waals surface area (Å²) in [5, 5.41) is 9.16. The van der Waals surface area contributed by atoms with E-state index in [0.29, 0.717) is 19.5 Å². The highest BCUT2D eigenvalue weighted by Crippen LogP contribution is 2.47. The highest BCUT2D eigenvalue weighted by molar-refractivity contribution is 6.01. The largest absolute Gasteiger partial charge is 0.330 e. The molecule has 1 aromatic carbocycles. The Kier molecular flexibility index (Phi) is 2.79. The van der Waals surface area contributed by atoms with Crippen molar-refractivity contribution < 1.29 is 4.79 Å². The topological polar surface area (TPSA) is 70.1 Å². The Hall–Kier alpha value is -1.86. The van der Waals surface area contributed by atoms with Crippen LogP contribution in [0.15, 0.2) is 18.2 Å². The van der Waals surface area contributed by atoms with Crippen molar-refractivity contribution in [2.75, 3.05) is 18.0 Å². The van der Waals surface area contributed by atoms with Crippen molar-refractivity contribution in [3.05, 3.63) is 29.3 Å². The van der Waals surface area contributed by atoms with Gasteiger partial charge in [-0.15, -0.1) is 0 Å². The molecule has 98 valence electrons. The highest BCUT2D eigenvalue weighted by Gasteiger charge is 2.46. The molecule has 0 atom stereocenters. The van der Waals surface area contributed by atoms with E-state index in [4.69, 9.17) is 11.0 Å². The van der Waals surface area contributed by atoms with Gasteiger partial charge in [-0.3, -0.25) is 4.79 Å². The summed E-state index contributed by atoms with van der Waals surface area (Å²) in [6.45, 7) is 1.17. The quantitative estimate of drug-likeness (QED) is 0.883. The lowest BCUT2D eigenvalue weighted by Gasteiger charge is -2.20. The fourth-order valence-corrected chi connectivity index (χ4v) is 2.69. The molecule has 19 heavy (non-hydrogen) atoms. The molecule has 0 saturated heterocycles. The minimum atomic E-state index is -0.285. The average molecular weight is 255 g/mol. The number of hydrogen-bond acceptors (Lipinski definition) is 3. The van der Waals surface area contributed by atoms with Crippen LogP contribution >= 0.6 is 0 Å². The molecular formula is C15H17N3O. The Morgan fingerprint density at radius 2 is 2.21 bits per heavy atom. The second kappa shape index (κ2) is 4.36. The van der Waals surface area contributed by atoms with E-state index in [0.717, 1.165) is 30.5 Å². The summed E-state index contributed by atoms with van der Waals surface area (Å²) in [4.78, 5) is 13.9. The van der Waals surface area contributed by atoms with Crippen molar-refractivity contribution in [3.8, 4) is 6.07 Å². The molecule has 4 nitrogen and oxygen atoms in total. The lowest BCUT2D eigenvalue weighted by Crippen LogP contribution is -2.32. The van der Waals surface area contributed by atoms with Crippen molar-refractivity contribution in [1.82, 2.24) is 0 Å². The average Bonchev–Trinajstić information content (AvgIpc) is 3.11. The van der Waals surface area contributed by atoms with E-state index in [1.807, 2.05) is 12.1 Å². The molecule has 0 unspecified atom stereocenters. The molecule has 3 rings (SSSR count). The molecule has 2 aliphatic rings. The first-order valence-electron chi connectivity index (χ1n) is 6.71. The molecule has 1 aliphatic heterocycles. The minimum Gasteiger partial charge on any atom is -0.330 e. The van der Waals surface area contributed by atoms with E-state index in [1.54, 1.807) is 4.90 Å². The maximum atomic E-state index is 12.1. The van der Waals surface area contributed by atoms with Crippen LogP contribution in [0.1, 0.15) is 24.0 Å². The normalized spacial score (nSPS) is 19.2. The Morgan fingerprint density at radius 3 is 2.84 bits per heavy atom. The third-order valence-corrected chi connectivity index (χ3v) is 4.06. The lowest BCUT2D eigenvalue weighted by atomic mass is 10.1. The summed E-state index contributed by atoms with van der Waals surface area (Å²) in [5.41, 5.74) is 8.50. The van der Waals surface area contributed by atoms with Gasteiger partial charge in [0.15, 0.2) is 0 Å². The van der Waals surface area contributed by atoms with E-state index in [1.165, 1.54) is 5.56 Å². The molecule has 0 bridgehead atoms. The smallest absolute Gasteiger partial charge is 0.231 e. The Labute approximate surface area is 112 Å². The van der Waals surface area contributed by atoms with E-state index in [9.17, 15) is 4.79 Å². The molecule has 4 heteroatoms. The number of rotatable bonds is 4. The number of anilines is 1. The van der Waals surface area contributed by atoms with E-state index < -0.39 is 0 Å². The first-order chi connectivity index (χ1) is 9.17. The van der Waals surface area contributed by atoms with Gasteiger partial charge in [-0.2, -0.15) is 5.26 Å². The van der Waals surface area contributed by atoms with E-state index in [2.05, 4.69) is 12.1 Å². The zero-order chi connectivity index (χ0) is 13.5. The number of fused-ring (bicyclic) bond motifs is 1.